The highest BCUT2D eigenvalue weighted by atomic mass is 14.4. The number of nitriles is 1. The lowest BCUT2D eigenvalue weighted by Gasteiger charge is -2.24. The van der Waals surface area contributed by atoms with Gasteiger partial charge in [0.25, 0.3) is 0 Å². The van der Waals surface area contributed by atoms with Crippen LogP contribution in [-0.2, 0) is 0 Å². The van der Waals surface area contributed by atoms with Crippen LogP contribution in [0.25, 0.3) is 0 Å². The Bertz CT molecular complexity index is 548. The van der Waals surface area contributed by atoms with Crippen molar-refractivity contribution in [2.24, 2.45) is 5.92 Å². The molecule has 0 aliphatic heterocycles. The maximum Gasteiger partial charge on any atom is 0.0988 e. The molecule has 2 rings (SSSR count). The van der Waals surface area contributed by atoms with Crippen LogP contribution in [0.5, 0.6) is 0 Å². The Kier molecular flexibility index (Phi) is 6.46. The van der Waals surface area contributed by atoms with Crippen molar-refractivity contribution in [3.05, 3.63) is 59.3 Å². The molecule has 2 nitrogen and oxygen atoms in total. The van der Waals surface area contributed by atoms with Crippen LogP contribution >= 0.6 is 0 Å². The van der Waals surface area contributed by atoms with Crippen LogP contribution in [0.3, 0.4) is 0 Å². The number of nitrogens with zero attached hydrogens (tertiary/aromatic N) is 1. The largest absolute Gasteiger partial charge is 0.301 e. The highest BCUT2D eigenvalue weighted by Gasteiger charge is 2.23. The third-order valence-electron chi connectivity index (χ3n) is 3.20. The first kappa shape index (κ1) is 15.9. The summed E-state index contributed by atoms with van der Waals surface area (Å²) in [5, 5.41) is 17.1. The average Bonchev–Trinajstić information content (AvgIpc) is 2.50. The summed E-state index contributed by atoms with van der Waals surface area (Å²) < 4.78 is 0. The Hall–Kier alpha value is -2.14. The van der Waals surface area contributed by atoms with Crippen molar-refractivity contribution in [2.75, 3.05) is 0 Å². The molecule has 1 atom stereocenters. The van der Waals surface area contributed by atoms with Crippen LogP contribution in [0.2, 0.25) is 0 Å². The molecule has 20 heavy (non-hydrogen) atoms. The molecule has 104 valence electrons. The number of allylic oxidation sites excluding steroid dienone is 10. The Labute approximate surface area is 122 Å². The van der Waals surface area contributed by atoms with Crippen molar-refractivity contribution < 1.29 is 0 Å². The molecule has 0 amide bonds. The third kappa shape index (κ3) is 3.68. The number of nitrogens with one attached hydrogen (secondary N) is 1. The maximum atomic E-state index is 8.98. The summed E-state index contributed by atoms with van der Waals surface area (Å²) in [5.74, 6) is 0.218. The molecule has 0 bridgehead atoms. The van der Waals surface area contributed by atoms with E-state index in [1.807, 2.05) is 38.2 Å². The summed E-state index contributed by atoms with van der Waals surface area (Å²) in [4.78, 5) is 0. The molecular weight excluding hydrogens is 244 g/mol. The van der Waals surface area contributed by atoms with Crippen LogP contribution in [-0.4, -0.2) is 5.71 Å². The molecule has 0 saturated heterocycles. The van der Waals surface area contributed by atoms with Crippen molar-refractivity contribution in [1.82, 2.24) is 0 Å². The number of fused-ring (bicyclic) bond motifs is 1. The van der Waals surface area contributed by atoms with Crippen LogP contribution in [0.4, 0.5) is 0 Å². The zero-order chi connectivity index (χ0) is 15.0. The summed E-state index contributed by atoms with van der Waals surface area (Å²) in [7, 11) is 0. The van der Waals surface area contributed by atoms with Crippen molar-refractivity contribution >= 4 is 5.71 Å². The molecule has 0 radical (unpaired) electrons. The van der Waals surface area contributed by atoms with Gasteiger partial charge in [-0.05, 0) is 36.1 Å². The van der Waals surface area contributed by atoms with Crippen molar-refractivity contribution in [2.45, 2.75) is 33.6 Å². The monoisotopic (exact) mass is 266 g/mol. The maximum absolute atomic E-state index is 8.98. The van der Waals surface area contributed by atoms with E-state index >= 15 is 0 Å². The SMILES string of the molecule is CC.CCC=C1/C=C\C=C/C(=N)C2=CC(C#N)=CCC12. The van der Waals surface area contributed by atoms with E-state index in [4.69, 9.17) is 10.7 Å². The summed E-state index contributed by atoms with van der Waals surface area (Å²) in [6.45, 7) is 6.11. The Morgan fingerprint density at radius 1 is 1.35 bits per heavy atom. The highest BCUT2D eigenvalue weighted by Crippen LogP contribution is 2.33. The van der Waals surface area contributed by atoms with Gasteiger partial charge in [0.2, 0.25) is 0 Å². The smallest absolute Gasteiger partial charge is 0.0988 e. The Morgan fingerprint density at radius 3 is 2.70 bits per heavy atom. The van der Waals surface area contributed by atoms with Gasteiger partial charge in [-0.2, -0.15) is 5.26 Å². The predicted octanol–water partition coefficient (Wildman–Crippen LogP) is 4.89. The van der Waals surface area contributed by atoms with E-state index < -0.39 is 0 Å². The van der Waals surface area contributed by atoms with Crippen LogP contribution < -0.4 is 0 Å². The summed E-state index contributed by atoms with van der Waals surface area (Å²) >= 11 is 0. The van der Waals surface area contributed by atoms with Gasteiger partial charge in [0.05, 0.1) is 11.8 Å². The molecule has 2 aliphatic rings. The lowest BCUT2D eigenvalue weighted by Crippen LogP contribution is -2.16. The molecule has 0 spiro atoms. The standard InChI is InChI=1S/C16H16N2.C2H6/c1-2-5-13-6-3-4-7-16(18)15-10-12(11-17)8-9-14(13)15;1-2/h3-8,10,14,18H,2,9H2,1H3;1-2H3/b6-3-,7-4-,13-5?,18-16?;. The molecule has 0 aromatic carbocycles. The minimum atomic E-state index is 0.218. The molecule has 0 fully saturated rings. The minimum absolute atomic E-state index is 0.218. The van der Waals surface area contributed by atoms with E-state index in [2.05, 4.69) is 25.1 Å². The van der Waals surface area contributed by atoms with Gasteiger partial charge in [0.15, 0.2) is 0 Å². The summed E-state index contributed by atoms with van der Waals surface area (Å²) in [5.41, 5.74) is 3.37. The van der Waals surface area contributed by atoms with E-state index in [1.165, 1.54) is 5.57 Å². The molecule has 0 saturated carbocycles. The average molecular weight is 266 g/mol. The van der Waals surface area contributed by atoms with Crippen molar-refractivity contribution in [3.63, 3.8) is 0 Å². The van der Waals surface area contributed by atoms with Gasteiger partial charge < -0.3 is 5.41 Å². The predicted molar refractivity (Wildman–Crippen MR) is 85.6 cm³/mol. The van der Waals surface area contributed by atoms with Crippen LogP contribution in [0.1, 0.15) is 33.6 Å². The fourth-order valence-electron chi connectivity index (χ4n) is 2.33. The van der Waals surface area contributed by atoms with E-state index in [9.17, 15) is 0 Å². The Balaban J connectivity index is 0.000000956. The molecule has 1 N–H and O–H groups in total. The highest BCUT2D eigenvalue weighted by molar-refractivity contribution is 6.08. The van der Waals surface area contributed by atoms with Crippen LogP contribution in [0.15, 0.2) is 59.3 Å². The van der Waals surface area contributed by atoms with E-state index in [-0.39, 0.29) is 5.92 Å². The Morgan fingerprint density at radius 2 is 2.05 bits per heavy atom. The molecule has 2 aliphatic carbocycles. The lowest BCUT2D eigenvalue weighted by molar-refractivity contribution is 0.752. The summed E-state index contributed by atoms with van der Waals surface area (Å²) in [6.07, 6.45) is 15.6. The van der Waals surface area contributed by atoms with E-state index in [0.717, 1.165) is 18.4 Å². The zero-order valence-electron chi connectivity index (χ0n) is 12.5. The first-order valence-corrected chi connectivity index (χ1v) is 7.21. The van der Waals surface area contributed by atoms with Crippen molar-refractivity contribution in [3.8, 4) is 6.07 Å². The minimum Gasteiger partial charge on any atom is -0.301 e. The first-order valence-electron chi connectivity index (χ1n) is 7.21. The third-order valence-corrected chi connectivity index (χ3v) is 3.20. The second-order valence-corrected chi connectivity index (χ2v) is 4.40. The van der Waals surface area contributed by atoms with Crippen LogP contribution in [0, 0.1) is 22.7 Å². The van der Waals surface area contributed by atoms with Gasteiger partial charge in [-0.25, -0.2) is 0 Å². The van der Waals surface area contributed by atoms with Gasteiger partial charge in [-0.1, -0.05) is 51.2 Å². The topological polar surface area (TPSA) is 47.6 Å². The summed E-state index contributed by atoms with van der Waals surface area (Å²) in [6, 6.07) is 2.17. The second-order valence-electron chi connectivity index (χ2n) is 4.40. The number of hydrogen-bond donors (Lipinski definition) is 1. The van der Waals surface area contributed by atoms with Gasteiger partial charge in [0.1, 0.15) is 0 Å². The number of rotatable bonds is 1. The lowest BCUT2D eigenvalue weighted by atomic mass is 9.79. The van der Waals surface area contributed by atoms with Crippen molar-refractivity contribution in [1.29, 1.82) is 10.7 Å². The molecule has 0 aromatic heterocycles. The zero-order valence-corrected chi connectivity index (χ0v) is 12.5. The fourth-order valence-corrected chi connectivity index (χ4v) is 2.33. The fraction of sp³-hybridized carbons (Fsp3) is 0.333. The van der Waals surface area contributed by atoms with Gasteiger partial charge in [-0.15, -0.1) is 0 Å². The van der Waals surface area contributed by atoms with Gasteiger partial charge >= 0.3 is 0 Å². The first-order chi connectivity index (χ1) is 9.76. The van der Waals surface area contributed by atoms with E-state index in [1.54, 1.807) is 6.08 Å². The molecule has 1 unspecified atom stereocenters. The van der Waals surface area contributed by atoms with Gasteiger partial charge in [0, 0.05) is 11.5 Å². The van der Waals surface area contributed by atoms with Gasteiger partial charge in [-0.3, -0.25) is 0 Å². The number of hydrogen-bond acceptors (Lipinski definition) is 2. The second kappa shape index (κ2) is 8.12. The molecular formula is C18H22N2. The normalized spacial score (nSPS) is 25.8. The van der Waals surface area contributed by atoms with E-state index in [0.29, 0.717) is 11.3 Å². The quantitative estimate of drug-likeness (QED) is 0.721. The molecule has 0 aromatic rings. The molecule has 2 heteroatoms. The molecule has 0 heterocycles.